The molecule has 1 unspecified atom stereocenters. The van der Waals surface area contributed by atoms with Crippen LogP contribution in [0.15, 0.2) is 36.0 Å². The Kier molecular flexibility index (Phi) is 2.10. The van der Waals surface area contributed by atoms with Crippen molar-refractivity contribution in [3.05, 3.63) is 36.0 Å². The smallest absolute Gasteiger partial charge is 0.00110 e. The van der Waals surface area contributed by atoms with E-state index < -0.39 is 0 Å². The lowest BCUT2D eigenvalue weighted by Gasteiger charge is -2.15. The first-order valence-corrected chi connectivity index (χ1v) is 3.74. The molecule has 0 amide bonds. The summed E-state index contributed by atoms with van der Waals surface area (Å²) in [6.07, 6.45) is 7.55. The van der Waals surface area contributed by atoms with Crippen molar-refractivity contribution in [2.75, 3.05) is 0 Å². The van der Waals surface area contributed by atoms with Gasteiger partial charge in [0.2, 0.25) is 0 Å². The van der Waals surface area contributed by atoms with Gasteiger partial charge in [0.25, 0.3) is 0 Å². The second-order valence-corrected chi connectivity index (χ2v) is 2.86. The van der Waals surface area contributed by atoms with Crippen LogP contribution < -0.4 is 0 Å². The fourth-order valence-corrected chi connectivity index (χ4v) is 1.42. The molecule has 0 bridgehead atoms. The van der Waals surface area contributed by atoms with Crippen LogP contribution in [0.5, 0.6) is 0 Å². The van der Waals surface area contributed by atoms with Crippen molar-refractivity contribution in [3.63, 3.8) is 0 Å². The van der Waals surface area contributed by atoms with Crippen LogP contribution in [-0.4, -0.2) is 0 Å². The van der Waals surface area contributed by atoms with Crippen LogP contribution in [0.2, 0.25) is 0 Å². The number of allylic oxidation sites excluding steroid dienone is 5. The molecule has 0 aromatic carbocycles. The molecule has 1 aliphatic carbocycles. The summed E-state index contributed by atoms with van der Waals surface area (Å²) in [6.45, 7) is 8.18. The van der Waals surface area contributed by atoms with E-state index in [-0.39, 0.29) is 0 Å². The second-order valence-electron chi connectivity index (χ2n) is 2.86. The van der Waals surface area contributed by atoms with Crippen LogP contribution in [0.1, 0.15) is 20.3 Å². The molecular formula is C10H14. The Labute approximate surface area is 62.9 Å². The molecule has 0 saturated heterocycles. The van der Waals surface area contributed by atoms with E-state index in [1.165, 1.54) is 11.1 Å². The molecule has 0 radical (unpaired) electrons. The molecule has 0 aliphatic heterocycles. The van der Waals surface area contributed by atoms with Gasteiger partial charge in [0, 0.05) is 0 Å². The van der Waals surface area contributed by atoms with Crippen molar-refractivity contribution < 1.29 is 0 Å². The lowest BCUT2D eigenvalue weighted by atomic mass is 9.90. The first kappa shape index (κ1) is 7.33. The van der Waals surface area contributed by atoms with Crippen LogP contribution in [0.25, 0.3) is 0 Å². The van der Waals surface area contributed by atoms with Crippen molar-refractivity contribution >= 4 is 0 Å². The van der Waals surface area contributed by atoms with Crippen molar-refractivity contribution in [2.45, 2.75) is 20.3 Å². The molecule has 10 heavy (non-hydrogen) atoms. The number of hydrogen-bond acceptors (Lipinski definition) is 0. The average Bonchev–Trinajstić information content (AvgIpc) is 1.88. The van der Waals surface area contributed by atoms with Gasteiger partial charge in [0.1, 0.15) is 0 Å². The maximum Gasteiger partial charge on any atom is -0.00110 e. The maximum atomic E-state index is 3.79. The first-order chi connectivity index (χ1) is 4.75. The Morgan fingerprint density at radius 1 is 1.70 bits per heavy atom. The predicted molar refractivity (Wildman–Crippen MR) is 45.8 cm³/mol. The summed E-state index contributed by atoms with van der Waals surface area (Å²) in [7, 11) is 0. The summed E-state index contributed by atoms with van der Waals surface area (Å²) >= 11 is 0. The van der Waals surface area contributed by atoms with Gasteiger partial charge < -0.3 is 0 Å². The lowest BCUT2D eigenvalue weighted by molar-refractivity contribution is 0.838. The fraction of sp³-hybridized carbons (Fsp3) is 0.400. The minimum absolute atomic E-state index is 0.575. The summed E-state index contributed by atoms with van der Waals surface area (Å²) < 4.78 is 0. The summed E-state index contributed by atoms with van der Waals surface area (Å²) in [4.78, 5) is 0. The van der Waals surface area contributed by atoms with Crippen LogP contribution in [0, 0.1) is 5.92 Å². The molecule has 0 aromatic heterocycles. The van der Waals surface area contributed by atoms with E-state index in [9.17, 15) is 0 Å². The van der Waals surface area contributed by atoms with Gasteiger partial charge in [-0.25, -0.2) is 0 Å². The molecule has 0 saturated carbocycles. The standard InChI is InChI=1S/C10H14/c1-4-10-8(2)6-5-7-9(10)3/h4-6,8H,1,7H2,2-3H3. The molecule has 0 aromatic rings. The Balaban J connectivity index is 2.88. The molecular weight excluding hydrogens is 120 g/mol. The normalized spacial score (nSPS) is 25.2. The zero-order valence-electron chi connectivity index (χ0n) is 6.72. The molecule has 0 N–H and O–H groups in total. The highest BCUT2D eigenvalue weighted by Gasteiger charge is 2.08. The van der Waals surface area contributed by atoms with Gasteiger partial charge >= 0.3 is 0 Å². The largest absolute Gasteiger partial charge is 0.0988 e. The zero-order chi connectivity index (χ0) is 7.56. The Morgan fingerprint density at radius 3 is 2.80 bits per heavy atom. The van der Waals surface area contributed by atoms with E-state index in [1.807, 2.05) is 6.08 Å². The first-order valence-electron chi connectivity index (χ1n) is 3.74. The topological polar surface area (TPSA) is 0 Å². The summed E-state index contributed by atoms with van der Waals surface area (Å²) in [5.74, 6) is 0.575. The number of hydrogen-bond donors (Lipinski definition) is 0. The predicted octanol–water partition coefficient (Wildman–Crippen LogP) is 3.08. The summed E-state index contributed by atoms with van der Waals surface area (Å²) in [6, 6.07) is 0. The maximum absolute atomic E-state index is 3.79. The Morgan fingerprint density at radius 2 is 2.40 bits per heavy atom. The Hall–Kier alpha value is -0.780. The van der Waals surface area contributed by atoms with Crippen molar-refractivity contribution in [3.8, 4) is 0 Å². The van der Waals surface area contributed by atoms with Gasteiger partial charge in [-0.1, -0.05) is 37.3 Å². The average molecular weight is 134 g/mol. The van der Waals surface area contributed by atoms with Gasteiger partial charge in [0.05, 0.1) is 0 Å². The monoisotopic (exact) mass is 134 g/mol. The van der Waals surface area contributed by atoms with Crippen LogP contribution in [-0.2, 0) is 0 Å². The van der Waals surface area contributed by atoms with Crippen LogP contribution in [0.3, 0.4) is 0 Å². The van der Waals surface area contributed by atoms with Gasteiger partial charge in [-0.2, -0.15) is 0 Å². The van der Waals surface area contributed by atoms with Crippen LogP contribution in [0.4, 0.5) is 0 Å². The summed E-state index contributed by atoms with van der Waals surface area (Å²) in [5, 5.41) is 0. The number of rotatable bonds is 1. The highest BCUT2D eigenvalue weighted by atomic mass is 14.1. The SMILES string of the molecule is C=CC1=C(C)CC=CC1C. The molecule has 54 valence electrons. The van der Waals surface area contributed by atoms with Gasteiger partial charge in [-0.3, -0.25) is 0 Å². The Bertz CT molecular complexity index is 194. The third-order valence-corrected chi connectivity index (χ3v) is 2.05. The molecule has 0 heteroatoms. The van der Waals surface area contributed by atoms with E-state index >= 15 is 0 Å². The van der Waals surface area contributed by atoms with Crippen molar-refractivity contribution in [2.24, 2.45) is 5.92 Å². The highest BCUT2D eigenvalue weighted by molar-refractivity contribution is 5.32. The summed E-state index contributed by atoms with van der Waals surface area (Å²) in [5.41, 5.74) is 2.87. The van der Waals surface area contributed by atoms with E-state index in [0.29, 0.717) is 5.92 Å². The molecule has 0 heterocycles. The van der Waals surface area contributed by atoms with E-state index in [0.717, 1.165) is 6.42 Å². The molecule has 0 nitrogen and oxygen atoms in total. The minimum Gasteiger partial charge on any atom is -0.0988 e. The third kappa shape index (κ3) is 1.21. The molecule has 1 aliphatic rings. The van der Waals surface area contributed by atoms with E-state index in [1.54, 1.807) is 0 Å². The van der Waals surface area contributed by atoms with Gasteiger partial charge in [0.15, 0.2) is 0 Å². The van der Waals surface area contributed by atoms with E-state index in [4.69, 9.17) is 0 Å². The molecule has 0 fully saturated rings. The van der Waals surface area contributed by atoms with Crippen LogP contribution >= 0.6 is 0 Å². The second kappa shape index (κ2) is 2.87. The third-order valence-electron chi connectivity index (χ3n) is 2.05. The lowest BCUT2D eigenvalue weighted by Crippen LogP contribution is -2.00. The highest BCUT2D eigenvalue weighted by Crippen LogP contribution is 2.24. The van der Waals surface area contributed by atoms with Gasteiger partial charge in [-0.05, 0) is 24.8 Å². The van der Waals surface area contributed by atoms with E-state index in [2.05, 4.69) is 32.6 Å². The minimum atomic E-state index is 0.575. The van der Waals surface area contributed by atoms with Crippen molar-refractivity contribution in [1.29, 1.82) is 0 Å². The quantitative estimate of drug-likeness (QED) is 0.483. The molecule has 0 spiro atoms. The zero-order valence-corrected chi connectivity index (χ0v) is 6.72. The van der Waals surface area contributed by atoms with Gasteiger partial charge in [-0.15, -0.1) is 0 Å². The molecule has 1 rings (SSSR count). The van der Waals surface area contributed by atoms with Crippen molar-refractivity contribution in [1.82, 2.24) is 0 Å². The fourth-order valence-electron chi connectivity index (χ4n) is 1.42. The molecule has 1 atom stereocenters.